The summed E-state index contributed by atoms with van der Waals surface area (Å²) in [6.45, 7) is 7.47. The van der Waals surface area contributed by atoms with E-state index in [1.165, 1.54) is 24.0 Å². The highest BCUT2D eigenvalue weighted by atomic mass is 16.7. The van der Waals surface area contributed by atoms with Crippen LogP contribution in [0.15, 0.2) is 42.5 Å². The predicted octanol–water partition coefficient (Wildman–Crippen LogP) is 3.13. The third-order valence-electron chi connectivity index (χ3n) is 4.46. The fourth-order valence-electron chi connectivity index (χ4n) is 3.19. The summed E-state index contributed by atoms with van der Waals surface area (Å²) in [6.07, 6.45) is 0. The lowest BCUT2D eigenvalue weighted by Crippen LogP contribution is -2.48. The summed E-state index contributed by atoms with van der Waals surface area (Å²) >= 11 is 0. The Morgan fingerprint density at radius 1 is 1.10 bits per heavy atom. The summed E-state index contributed by atoms with van der Waals surface area (Å²) in [6, 6.07) is 10.9. The molecule has 154 valence electrons. The molecule has 0 aromatic heterocycles. The van der Waals surface area contributed by atoms with Gasteiger partial charge in [0.25, 0.3) is 0 Å². The molecule has 0 fully saturated rings. The largest absolute Gasteiger partial charge is 0.508 e. The molecule has 7 heteroatoms. The fourth-order valence-corrected chi connectivity index (χ4v) is 3.19. The number of phenols is 1. The van der Waals surface area contributed by atoms with Crippen LogP contribution >= 0.6 is 0 Å². The first-order chi connectivity index (χ1) is 13.6. The first-order valence-corrected chi connectivity index (χ1v) is 9.41. The van der Waals surface area contributed by atoms with Gasteiger partial charge in [-0.2, -0.15) is 0 Å². The van der Waals surface area contributed by atoms with Crippen molar-refractivity contribution in [2.45, 2.75) is 45.8 Å². The van der Waals surface area contributed by atoms with Crippen molar-refractivity contribution in [2.75, 3.05) is 6.79 Å². The lowest BCUT2D eigenvalue weighted by Gasteiger charge is -2.33. The molecule has 7 nitrogen and oxygen atoms in total. The Morgan fingerprint density at radius 3 is 2.38 bits per heavy atom. The molecule has 1 aliphatic rings. The predicted molar refractivity (Wildman–Crippen MR) is 108 cm³/mol. The smallest absolute Gasteiger partial charge is 0.247 e. The van der Waals surface area contributed by atoms with Gasteiger partial charge in [0, 0.05) is 19.0 Å². The summed E-state index contributed by atoms with van der Waals surface area (Å²) < 4.78 is 10.8. The van der Waals surface area contributed by atoms with Crippen molar-refractivity contribution >= 4 is 11.8 Å². The van der Waals surface area contributed by atoms with Crippen LogP contribution in [0.2, 0.25) is 0 Å². The van der Waals surface area contributed by atoms with E-state index in [1.54, 1.807) is 18.2 Å². The molecule has 0 spiro atoms. The van der Waals surface area contributed by atoms with Gasteiger partial charge in [-0.05, 0) is 56.2 Å². The number of benzene rings is 2. The SMILES string of the molecule is CC(=O)N(Cc1ccc2c(c1)OCO2)C(C(=O)NC(C)(C)C)c1ccc(O)cc1. The summed E-state index contributed by atoms with van der Waals surface area (Å²) in [5.74, 6) is 0.827. The third-order valence-corrected chi connectivity index (χ3v) is 4.46. The van der Waals surface area contributed by atoms with Crippen molar-refractivity contribution in [3.05, 3.63) is 53.6 Å². The maximum atomic E-state index is 13.2. The molecule has 2 N–H and O–H groups in total. The molecule has 2 aromatic carbocycles. The average molecular weight is 398 g/mol. The highest BCUT2D eigenvalue weighted by molar-refractivity contribution is 5.88. The van der Waals surface area contributed by atoms with Crippen molar-refractivity contribution in [3.8, 4) is 17.2 Å². The zero-order chi connectivity index (χ0) is 21.2. The van der Waals surface area contributed by atoms with E-state index in [0.29, 0.717) is 17.1 Å². The van der Waals surface area contributed by atoms with Gasteiger partial charge in [0.15, 0.2) is 11.5 Å². The van der Waals surface area contributed by atoms with Crippen LogP contribution in [0.3, 0.4) is 0 Å². The third kappa shape index (κ3) is 4.99. The molecule has 0 aliphatic carbocycles. The van der Waals surface area contributed by atoms with Gasteiger partial charge in [0.2, 0.25) is 18.6 Å². The number of fused-ring (bicyclic) bond motifs is 1. The number of nitrogens with one attached hydrogen (secondary N) is 1. The molecule has 3 rings (SSSR count). The summed E-state index contributed by atoms with van der Waals surface area (Å²) in [7, 11) is 0. The van der Waals surface area contributed by atoms with E-state index in [2.05, 4.69) is 5.32 Å². The number of carbonyl (C=O) groups excluding carboxylic acids is 2. The van der Waals surface area contributed by atoms with Gasteiger partial charge >= 0.3 is 0 Å². The standard InChI is InChI=1S/C22H26N2O5/c1-14(25)24(12-15-5-10-18-19(11-15)29-13-28-18)20(21(27)23-22(2,3)4)16-6-8-17(26)9-7-16/h5-11,20,26H,12-13H2,1-4H3,(H,23,27). The topological polar surface area (TPSA) is 88.1 Å². The quantitative estimate of drug-likeness (QED) is 0.808. The van der Waals surface area contributed by atoms with Crippen molar-refractivity contribution in [1.82, 2.24) is 10.2 Å². The maximum Gasteiger partial charge on any atom is 0.247 e. The van der Waals surface area contributed by atoms with E-state index in [0.717, 1.165) is 5.56 Å². The molecule has 1 heterocycles. The molecule has 1 atom stereocenters. The highest BCUT2D eigenvalue weighted by Gasteiger charge is 2.32. The van der Waals surface area contributed by atoms with E-state index in [4.69, 9.17) is 9.47 Å². The molecule has 0 radical (unpaired) electrons. The van der Waals surface area contributed by atoms with E-state index in [-0.39, 0.29) is 30.9 Å². The Kier molecular flexibility index (Phi) is 5.68. The van der Waals surface area contributed by atoms with Gasteiger partial charge in [0.05, 0.1) is 0 Å². The number of amides is 2. The second kappa shape index (κ2) is 8.03. The molecule has 0 saturated carbocycles. The van der Waals surface area contributed by atoms with Crippen LogP contribution in [0.25, 0.3) is 0 Å². The van der Waals surface area contributed by atoms with Gasteiger partial charge in [-0.25, -0.2) is 0 Å². The van der Waals surface area contributed by atoms with Crippen LogP contribution in [0.1, 0.15) is 44.9 Å². The lowest BCUT2D eigenvalue weighted by atomic mass is 10.0. The zero-order valence-electron chi connectivity index (χ0n) is 17.1. The number of aromatic hydroxyl groups is 1. The average Bonchev–Trinajstić information content (AvgIpc) is 3.09. The second-order valence-electron chi connectivity index (χ2n) is 8.07. The maximum absolute atomic E-state index is 13.2. The molecule has 0 bridgehead atoms. The normalized spacial score (nSPS) is 13.7. The zero-order valence-corrected chi connectivity index (χ0v) is 17.1. The molecule has 1 unspecified atom stereocenters. The molecule has 29 heavy (non-hydrogen) atoms. The van der Waals surface area contributed by atoms with Crippen LogP contribution in [-0.2, 0) is 16.1 Å². The Balaban J connectivity index is 1.96. The van der Waals surface area contributed by atoms with E-state index in [1.807, 2.05) is 32.9 Å². The number of carbonyl (C=O) groups is 2. The minimum atomic E-state index is -0.849. The van der Waals surface area contributed by atoms with Crippen molar-refractivity contribution in [3.63, 3.8) is 0 Å². The minimum Gasteiger partial charge on any atom is -0.508 e. The Morgan fingerprint density at radius 2 is 1.76 bits per heavy atom. The van der Waals surface area contributed by atoms with Crippen LogP contribution in [0.5, 0.6) is 17.2 Å². The number of hydrogen-bond donors (Lipinski definition) is 2. The Hall–Kier alpha value is -3.22. The highest BCUT2D eigenvalue weighted by Crippen LogP contribution is 2.34. The number of ether oxygens (including phenoxy) is 2. The van der Waals surface area contributed by atoms with Gasteiger partial charge in [0.1, 0.15) is 11.8 Å². The Bertz CT molecular complexity index is 902. The summed E-state index contributed by atoms with van der Waals surface area (Å²) in [5, 5.41) is 12.6. The molecule has 2 amide bonds. The number of hydrogen-bond acceptors (Lipinski definition) is 5. The minimum absolute atomic E-state index is 0.0916. The molecule has 0 saturated heterocycles. The molecule has 2 aromatic rings. The van der Waals surface area contributed by atoms with Gasteiger partial charge < -0.3 is 24.8 Å². The first kappa shape index (κ1) is 20.5. The molecular weight excluding hydrogens is 372 g/mol. The molecular formula is C22H26N2O5. The lowest BCUT2D eigenvalue weighted by molar-refractivity contribution is -0.140. The number of rotatable bonds is 5. The number of nitrogens with zero attached hydrogens (tertiary/aromatic N) is 1. The van der Waals surface area contributed by atoms with E-state index in [9.17, 15) is 14.7 Å². The van der Waals surface area contributed by atoms with Crippen LogP contribution in [-0.4, -0.2) is 34.2 Å². The van der Waals surface area contributed by atoms with Crippen molar-refractivity contribution in [1.29, 1.82) is 0 Å². The van der Waals surface area contributed by atoms with Crippen LogP contribution in [0, 0.1) is 0 Å². The van der Waals surface area contributed by atoms with Gasteiger partial charge in [-0.3, -0.25) is 9.59 Å². The number of phenolic OH excluding ortho intramolecular Hbond substituents is 1. The van der Waals surface area contributed by atoms with Crippen molar-refractivity contribution < 1.29 is 24.2 Å². The van der Waals surface area contributed by atoms with Gasteiger partial charge in [-0.15, -0.1) is 0 Å². The molecule has 1 aliphatic heterocycles. The van der Waals surface area contributed by atoms with Crippen LogP contribution in [0.4, 0.5) is 0 Å². The Labute approximate surface area is 170 Å². The van der Waals surface area contributed by atoms with E-state index >= 15 is 0 Å². The fraction of sp³-hybridized carbons (Fsp3) is 0.364. The monoisotopic (exact) mass is 398 g/mol. The second-order valence-corrected chi connectivity index (χ2v) is 8.07. The van der Waals surface area contributed by atoms with E-state index < -0.39 is 11.6 Å². The summed E-state index contributed by atoms with van der Waals surface area (Å²) in [4.78, 5) is 27.2. The first-order valence-electron chi connectivity index (χ1n) is 9.41. The van der Waals surface area contributed by atoms with Crippen LogP contribution < -0.4 is 14.8 Å². The summed E-state index contributed by atoms with van der Waals surface area (Å²) in [5.41, 5.74) is 0.963. The van der Waals surface area contributed by atoms with Gasteiger partial charge in [-0.1, -0.05) is 18.2 Å². The van der Waals surface area contributed by atoms with Crippen molar-refractivity contribution in [2.24, 2.45) is 0 Å².